The van der Waals surface area contributed by atoms with E-state index in [1.54, 1.807) is 6.92 Å². The summed E-state index contributed by atoms with van der Waals surface area (Å²) >= 11 is 0. The molecule has 2 heterocycles. The molecule has 0 bridgehead atoms. The summed E-state index contributed by atoms with van der Waals surface area (Å²) in [5, 5.41) is 3.80. The Hall–Kier alpha value is -2.37. The second-order valence-corrected chi connectivity index (χ2v) is 7.30. The average Bonchev–Trinajstić information content (AvgIpc) is 3.11. The summed E-state index contributed by atoms with van der Waals surface area (Å²) in [4.78, 5) is 19.2. The minimum Gasteiger partial charge on any atom is -0.485 e. The number of aryl methyl sites for hydroxylation is 1. The van der Waals surface area contributed by atoms with Gasteiger partial charge in [0.25, 0.3) is 5.91 Å². The van der Waals surface area contributed by atoms with Gasteiger partial charge < -0.3 is 14.2 Å². The van der Waals surface area contributed by atoms with Crippen LogP contribution in [0.4, 0.5) is 0 Å². The van der Waals surface area contributed by atoms with Gasteiger partial charge in [-0.2, -0.15) is 4.98 Å². The third-order valence-corrected chi connectivity index (χ3v) is 5.54. The van der Waals surface area contributed by atoms with Gasteiger partial charge in [0.05, 0.1) is 0 Å². The van der Waals surface area contributed by atoms with Crippen LogP contribution in [0.3, 0.4) is 0 Å². The van der Waals surface area contributed by atoms with Crippen molar-refractivity contribution < 1.29 is 14.1 Å². The van der Waals surface area contributed by atoms with Crippen molar-refractivity contribution in [2.24, 2.45) is 5.92 Å². The Morgan fingerprint density at radius 2 is 1.96 bits per heavy atom. The van der Waals surface area contributed by atoms with E-state index in [0.717, 1.165) is 24.9 Å². The largest absolute Gasteiger partial charge is 0.485 e. The molecule has 1 saturated carbocycles. The van der Waals surface area contributed by atoms with Crippen LogP contribution in [0.15, 0.2) is 28.8 Å². The summed E-state index contributed by atoms with van der Waals surface area (Å²) in [7, 11) is 0. The summed E-state index contributed by atoms with van der Waals surface area (Å²) in [5.41, 5.74) is 0.735. The van der Waals surface area contributed by atoms with Gasteiger partial charge in [-0.1, -0.05) is 18.0 Å². The van der Waals surface area contributed by atoms with E-state index in [4.69, 9.17) is 9.26 Å². The summed E-state index contributed by atoms with van der Waals surface area (Å²) in [5.74, 6) is 2.58. The van der Waals surface area contributed by atoms with Crippen molar-refractivity contribution in [2.45, 2.75) is 58.1 Å². The van der Waals surface area contributed by atoms with Crippen LogP contribution in [0.5, 0.6) is 5.75 Å². The Morgan fingerprint density at radius 1 is 1.19 bits per heavy atom. The minimum atomic E-state index is 0.155. The number of hydrogen-bond donors (Lipinski definition) is 0. The van der Waals surface area contributed by atoms with Gasteiger partial charge in [0.2, 0.25) is 11.7 Å². The first-order valence-corrected chi connectivity index (χ1v) is 9.54. The van der Waals surface area contributed by atoms with E-state index in [0.29, 0.717) is 29.4 Å². The number of carbonyl (C=O) groups is 1. The number of ether oxygens (including phenoxy) is 1. The van der Waals surface area contributed by atoms with Gasteiger partial charge in [-0.05, 0) is 55.9 Å². The van der Waals surface area contributed by atoms with Crippen LogP contribution in [0.2, 0.25) is 0 Å². The van der Waals surface area contributed by atoms with Crippen molar-refractivity contribution in [2.75, 3.05) is 6.54 Å². The number of amides is 1. The second-order valence-electron chi connectivity index (χ2n) is 7.30. The van der Waals surface area contributed by atoms with Crippen molar-refractivity contribution in [3.8, 4) is 5.75 Å². The molecule has 0 N–H and O–H groups in total. The maximum absolute atomic E-state index is 13.0. The number of aromatic nitrogens is 2. The number of fused-ring (bicyclic) bond motifs is 1. The lowest BCUT2D eigenvalue weighted by Crippen LogP contribution is -2.49. The van der Waals surface area contributed by atoms with Crippen molar-refractivity contribution in [1.29, 1.82) is 0 Å². The predicted molar refractivity (Wildman–Crippen MR) is 95.8 cm³/mol. The number of benzene rings is 1. The predicted octanol–water partition coefficient (Wildman–Crippen LogP) is 3.75. The van der Waals surface area contributed by atoms with Crippen molar-refractivity contribution >= 4 is 5.91 Å². The standard InChI is InChI=1S/C20H25N3O3/c1-14-21-19(22-26-14)13-25-17-10-8-16(9-11-17)20(24)23-12-4-6-15-5-2-3-7-18(15)23/h8-11,15,18H,2-7,12-13H2,1H3/t15-,18+/m1/s1. The first kappa shape index (κ1) is 17.1. The number of nitrogens with zero attached hydrogens (tertiary/aromatic N) is 3. The number of hydrogen-bond acceptors (Lipinski definition) is 5. The van der Waals surface area contributed by atoms with Crippen LogP contribution in [0.1, 0.15) is 60.6 Å². The first-order chi connectivity index (χ1) is 12.7. The van der Waals surface area contributed by atoms with Crippen LogP contribution >= 0.6 is 0 Å². The first-order valence-electron chi connectivity index (χ1n) is 9.54. The fourth-order valence-electron chi connectivity index (χ4n) is 4.28. The Morgan fingerprint density at radius 3 is 2.73 bits per heavy atom. The molecule has 6 nitrogen and oxygen atoms in total. The number of rotatable bonds is 4. The molecule has 138 valence electrons. The lowest BCUT2D eigenvalue weighted by atomic mass is 9.78. The van der Waals surface area contributed by atoms with Crippen molar-refractivity contribution in [3.63, 3.8) is 0 Å². The van der Waals surface area contributed by atoms with Crippen LogP contribution in [-0.2, 0) is 6.61 Å². The smallest absolute Gasteiger partial charge is 0.254 e. The SMILES string of the molecule is Cc1nc(COc2ccc(C(=O)N3CCC[C@H]4CCCC[C@@H]43)cc2)no1. The summed E-state index contributed by atoms with van der Waals surface area (Å²) in [6.07, 6.45) is 7.38. The molecule has 1 saturated heterocycles. The molecule has 2 atom stereocenters. The molecule has 1 aromatic carbocycles. The highest BCUT2D eigenvalue weighted by molar-refractivity contribution is 5.94. The Balaban J connectivity index is 1.40. The zero-order valence-electron chi connectivity index (χ0n) is 15.2. The molecule has 6 heteroatoms. The van der Waals surface area contributed by atoms with E-state index in [-0.39, 0.29) is 12.5 Å². The zero-order valence-corrected chi connectivity index (χ0v) is 15.2. The molecule has 1 amide bonds. The lowest BCUT2D eigenvalue weighted by Gasteiger charge is -2.44. The third kappa shape index (κ3) is 3.59. The van der Waals surface area contributed by atoms with E-state index >= 15 is 0 Å². The number of likely N-dealkylation sites (tertiary alicyclic amines) is 1. The Labute approximate surface area is 153 Å². The molecule has 1 aliphatic heterocycles. The van der Waals surface area contributed by atoms with Gasteiger partial charge in [-0.3, -0.25) is 4.79 Å². The molecule has 2 aliphatic rings. The van der Waals surface area contributed by atoms with Gasteiger partial charge in [0.1, 0.15) is 5.75 Å². The van der Waals surface area contributed by atoms with Crippen molar-refractivity contribution in [1.82, 2.24) is 15.0 Å². The summed E-state index contributed by atoms with van der Waals surface area (Å²) in [6, 6.07) is 7.81. The highest BCUT2D eigenvalue weighted by Gasteiger charge is 2.35. The van der Waals surface area contributed by atoms with E-state index in [1.807, 2.05) is 24.3 Å². The van der Waals surface area contributed by atoms with Gasteiger partial charge in [-0.15, -0.1) is 0 Å². The van der Waals surface area contributed by atoms with E-state index in [9.17, 15) is 4.79 Å². The van der Waals surface area contributed by atoms with Crippen LogP contribution in [0.25, 0.3) is 0 Å². The molecule has 1 aliphatic carbocycles. The Kier molecular flexibility index (Phi) is 4.91. The molecule has 26 heavy (non-hydrogen) atoms. The molecular formula is C20H25N3O3. The van der Waals surface area contributed by atoms with Crippen LogP contribution in [0, 0.1) is 12.8 Å². The van der Waals surface area contributed by atoms with Gasteiger partial charge >= 0.3 is 0 Å². The number of carbonyl (C=O) groups excluding carboxylic acids is 1. The maximum atomic E-state index is 13.0. The minimum absolute atomic E-state index is 0.155. The quantitative estimate of drug-likeness (QED) is 0.835. The lowest BCUT2D eigenvalue weighted by molar-refractivity contribution is 0.0390. The second kappa shape index (κ2) is 7.48. The average molecular weight is 355 g/mol. The monoisotopic (exact) mass is 355 g/mol. The summed E-state index contributed by atoms with van der Waals surface area (Å²) in [6.45, 7) is 2.88. The normalized spacial score (nSPS) is 22.7. The van der Waals surface area contributed by atoms with Gasteiger partial charge in [0.15, 0.2) is 6.61 Å². The summed E-state index contributed by atoms with van der Waals surface area (Å²) < 4.78 is 10.6. The zero-order chi connectivity index (χ0) is 17.9. The molecule has 0 radical (unpaired) electrons. The molecule has 4 rings (SSSR count). The highest BCUT2D eigenvalue weighted by atomic mass is 16.5. The fraction of sp³-hybridized carbons (Fsp3) is 0.550. The van der Waals surface area contributed by atoms with Gasteiger partial charge in [0, 0.05) is 25.1 Å². The Bertz CT molecular complexity index is 754. The van der Waals surface area contributed by atoms with Gasteiger partial charge in [-0.25, -0.2) is 0 Å². The molecule has 1 aromatic heterocycles. The molecule has 2 fully saturated rings. The maximum Gasteiger partial charge on any atom is 0.254 e. The molecular weight excluding hydrogens is 330 g/mol. The highest BCUT2D eigenvalue weighted by Crippen LogP contribution is 2.36. The third-order valence-electron chi connectivity index (χ3n) is 5.54. The van der Waals surface area contributed by atoms with E-state index in [1.165, 1.54) is 25.7 Å². The van der Waals surface area contributed by atoms with Crippen molar-refractivity contribution in [3.05, 3.63) is 41.5 Å². The topological polar surface area (TPSA) is 68.5 Å². The van der Waals surface area contributed by atoms with Crippen LogP contribution in [-0.4, -0.2) is 33.5 Å². The van der Waals surface area contributed by atoms with E-state index < -0.39 is 0 Å². The number of piperidine rings is 1. The van der Waals surface area contributed by atoms with E-state index in [2.05, 4.69) is 15.0 Å². The molecule has 0 spiro atoms. The fourth-order valence-corrected chi connectivity index (χ4v) is 4.28. The molecule has 2 aromatic rings. The molecule has 0 unspecified atom stereocenters. The van der Waals surface area contributed by atoms with Crippen LogP contribution < -0.4 is 4.74 Å².